The van der Waals surface area contributed by atoms with Crippen molar-refractivity contribution in [3.05, 3.63) is 24.3 Å². The van der Waals surface area contributed by atoms with E-state index in [0.717, 1.165) is 0 Å². The van der Waals surface area contributed by atoms with Crippen molar-refractivity contribution in [1.82, 2.24) is 14.9 Å². The second-order valence-corrected chi connectivity index (χ2v) is 9.19. The summed E-state index contributed by atoms with van der Waals surface area (Å²) in [7, 11) is -2.53. The van der Waals surface area contributed by atoms with Gasteiger partial charge in [-0.25, -0.2) is 17.5 Å². The van der Waals surface area contributed by atoms with E-state index in [-0.39, 0.29) is 19.0 Å². The maximum Gasteiger partial charge on any atom is 0.321 e. The highest BCUT2D eigenvalue weighted by Gasteiger charge is 2.46. The number of carbonyl (C=O) groups excluding carboxylic acids is 3. The summed E-state index contributed by atoms with van der Waals surface area (Å²) in [5, 5.41) is 5.77. The van der Waals surface area contributed by atoms with E-state index in [0.29, 0.717) is 24.3 Å². The van der Waals surface area contributed by atoms with Crippen LogP contribution in [0.4, 0.5) is 10.5 Å². The molecule has 10 nitrogen and oxygen atoms in total. The third kappa shape index (κ3) is 4.51. The number of hydrogen-bond acceptors (Lipinski definition) is 6. The zero-order valence-corrected chi connectivity index (χ0v) is 17.0. The Labute approximate surface area is 169 Å². The molecule has 0 bridgehead atoms. The quantitative estimate of drug-likeness (QED) is 0.621. The number of anilines is 1. The molecule has 3 atom stereocenters. The molecule has 2 fully saturated rings. The summed E-state index contributed by atoms with van der Waals surface area (Å²) >= 11 is 0. The number of benzene rings is 1. The van der Waals surface area contributed by atoms with E-state index in [2.05, 4.69) is 10.6 Å². The van der Waals surface area contributed by atoms with E-state index >= 15 is 0 Å². The Morgan fingerprint density at radius 2 is 2.07 bits per heavy atom. The highest BCUT2D eigenvalue weighted by Crippen LogP contribution is 2.25. The van der Waals surface area contributed by atoms with Crippen molar-refractivity contribution in [2.24, 2.45) is 5.92 Å². The maximum absolute atomic E-state index is 13.0. The van der Waals surface area contributed by atoms with Crippen molar-refractivity contribution in [2.45, 2.75) is 31.1 Å². The average Bonchev–Trinajstić information content (AvgIpc) is 2.67. The van der Waals surface area contributed by atoms with Gasteiger partial charge >= 0.3 is 6.03 Å². The molecule has 4 amide bonds. The van der Waals surface area contributed by atoms with Crippen LogP contribution in [0.1, 0.15) is 19.8 Å². The van der Waals surface area contributed by atoms with Crippen LogP contribution in [-0.4, -0.2) is 62.1 Å². The van der Waals surface area contributed by atoms with E-state index in [1.807, 2.05) is 5.32 Å². The molecular formula is C18H24N4O6S. The fraction of sp³-hybridized carbons (Fsp3) is 0.500. The molecule has 0 radical (unpaired) electrons. The molecule has 3 rings (SSSR count). The molecule has 3 unspecified atom stereocenters. The fourth-order valence-electron chi connectivity index (χ4n) is 3.62. The Morgan fingerprint density at radius 1 is 1.31 bits per heavy atom. The van der Waals surface area contributed by atoms with Crippen molar-refractivity contribution >= 4 is 33.6 Å². The molecule has 2 aliphatic rings. The van der Waals surface area contributed by atoms with E-state index in [4.69, 9.17) is 4.74 Å². The van der Waals surface area contributed by atoms with Gasteiger partial charge in [0, 0.05) is 24.8 Å². The van der Waals surface area contributed by atoms with Crippen molar-refractivity contribution in [3.8, 4) is 5.75 Å². The number of sulfonamides is 1. The van der Waals surface area contributed by atoms with Crippen LogP contribution in [0.25, 0.3) is 0 Å². The summed E-state index contributed by atoms with van der Waals surface area (Å²) in [5.74, 6) is -1.12. The molecule has 29 heavy (non-hydrogen) atoms. The molecule has 2 heterocycles. The number of nitrogens with zero attached hydrogens (tertiary/aromatic N) is 1. The Morgan fingerprint density at radius 3 is 2.76 bits per heavy atom. The van der Waals surface area contributed by atoms with Crippen LogP contribution in [0.3, 0.4) is 0 Å². The number of amides is 4. The first-order chi connectivity index (χ1) is 13.7. The van der Waals surface area contributed by atoms with Crippen molar-refractivity contribution in [3.63, 3.8) is 0 Å². The van der Waals surface area contributed by atoms with Gasteiger partial charge in [-0.05, 0) is 31.9 Å². The van der Waals surface area contributed by atoms with Gasteiger partial charge in [-0.3, -0.25) is 14.9 Å². The largest absolute Gasteiger partial charge is 0.497 e. The minimum Gasteiger partial charge on any atom is -0.497 e. The molecule has 0 spiro atoms. The normalized spacial score (nSPS) is 25.7. The summed E-state index contributed by atoms with van der Waals surface area (Å²) in [6.45, 7) is 1.66. The SMILES string of the molecule is COc1cccc(NC(=O)C2CCCN(S(=O)(=O)C3C(=O)NC(=O)NC3C)C2)c1. The monoisotopic (exact) mass is 424 g/mol. The van der Waals surface area contributed by atoms with Crippen LogP contribution in [0, 0.1) is 5.92 Å². The lowest BCUT2D eigenvalue weighted by Gasteiger charge is -2.36. The number of ether oxygens (including phenoxy) is 1. The summed E-state index contributed by atoms with van der Waals surface area (Å²) in [5.41, 5.74) is 0.553. The van der Waals surface area contributed by atoms with E-state index in [1.54, 1.807) is 24.3 Å². The van der Waals surface area contributed by atoms with Gasteiger partial charge in [0.1, 0.15) is 5.75 Å². The molecule has 11 heteroatoms. The number of hydrogen-bond donors (Lipinski definition) is 3. The number of urea groups is 1. The molecular weight excluding hydrogens is 400 g/mol. The molecule has 158 valence electrons. The van der Waals surface area contributed by atoms with Crippen LogP contribution < -0.4 is 20.7 Å². The fourth-order valence-corrected chi connectivity index (χ4v) is 5.62. The van der Waals surface area contributed by atoms with Gasteiger partial charge in [0.2, 0.25) is 21.8 Å². The molecule has 1 aromatic carbocycles. The Bertz CT molecular complexity index is 919. The van der Waals surface area contributed by atoms with Gasteiger partial charge in [0.15, 0.2) is 5.25 Å². The molecule has 0 aromatic heterocycles. The molecule has 0 saturated carbocycles. The van der Waals surface area contributed by atoms with Crippen molar-refractivity contribution in [1.29, 1.82) is 0 Å². The highest BCUT2D eigenvalue weighted by molar-refractivity contribution is 7.90. The third-order valence-electron chi connectivity index (χ3n) is 5.08. The Kier molecular flexibility index (Phi) is 6.08. The summed E-state index contributed by atoms with van der Waals surface area (Å²) < 4.78 is 32.4. The molecule has 2 aliphatic heterocycles. The Balaban J connectivity index is 1.71. The second kappa shape index (κ2) is 8.37. The molecule has 1 aromatic rings. The van der Waals surface area contributed by atoms with Crippen molar-refractivity contribution in [2.75, 3.05) is 25.5 Å². The lowest BCUT2D eigenvalue weighted by atomic mass is 9.98. The van der Waals surface area contributed by atoms with Crippen LogP contribution >= 0.6 is 0 Å². The Hall–Kier alpha value is -2.66. The van der Waals surface area contributed by atoms with Gasteiger partial charge < -0.3 is 15.4 Å². The third-order valence-corrected chi connectivity index (χ3v) is 7.40. The maximum atomic E-state index is 13.0. The minimum absolute atomic E-state index is 0.0252. The second-order valence-electron chi connectivity index (χ2n) is 7.14. The standard InChI is InChI=1S/C18H24N4O6S/c1-11-15(17(24)21-18(25)19-11)29(26,27)22-8-4-5-12(10-22)16(23)20-13-6-3-7-14(9-13)28-2/h3,6-7,9,11-12,15H,4-5,8,10H2,1-2H3,(H,20,23)(H2,19,21,24,25). The highest BCUT2D eigenvalue weighted by atomic mass is 32.2. The van der Waals surface area contributed by atoms with E-state index in [9.17, 15) is 22.8 Å². The zero-order chi connectivity index (χ0) is 21.2. The number of nitrogens with one attached hydrogen (secondary N) is 3. The van der Waals surface area contributed by atoms with E-state index < -0.39 is 39.2 Å². The zero-order valence-electron chi connectivity index (χ0n) is 16.2. The molecule has 0 aliphatic carbocycles. The predicted octanol–water partition coefficient (Wildman–Crippen LogP) is 0.272. The number of carbonyl (C=O) groups is 3. The van der Waals surface area contributed by atoms with Crippen LogP contribution in [0.5, 0.6) is 5.75 Å². The first kappa shape index (κ1) is 21.1. The summed E-state index contributed by atoms with van der Waals surface area (Å²) in [4.78, 5) is 36.2. The summed E-state index contributed by atoms with van der Waals surface area (Å²) in [6, 6.07) is 5.29. The topological polar surface area (TPSA) is 134 Å². The van der Waals surface area contributed by atoms with Gasteiger partial charge in [-0.15, -0.1) is 0 Å². The number of rotatable bonds is 5. The minimum atomic E-state index is -4.05. The first-order valence-corrected chi connectivity index (χ1v) is 10.8. The number of methoxy groups -OCH3 is 1. The lowest BCUT2D eigenvalue weighted by molar-refractivity contribution is -0.121. The van der Waals surface area contributed by atoms with E-state index in [1.165, 1.54) is 18.3 Å². The van der Waals surface area contributed by atoms with Gasteiger partial charge in [-0.1, -0.05) is 6.07 Å². The number of piperidine rings is 1. The summed E-state index contributed by atoms with van der Waals surface area (Å²) in [6.07, 6.45) is 1.02. The molecule has 3 N–H and O–H groups in total. The van der Waals surface area contributed by atoms with Gasteiger partial charge in [0.25, 0.3) is 0 Å². The van der Waals surface area contributed by atoms with Crippen LogP contribution in [0.15, 0.2) is 24.3 Å². The lowest BCUT2D eigenvalue weighted by Crippen LogP contribution is -2.65. The van der Waals surface area contributed by atoms with Gasteiger partial charge in [-0.2, -0.15) is 0 Å². The smallest absolute Gasteiger partial charge is 0.321 e. The first-order valence-electron chi connectivity index (χ1n) is 9.27. The van der Waals surface area contributed by atoms with Crippen molar-refractivity contribution < 1.29 is 27.5 Å². The predicted molar refractivity (Wildman–Crippen MR) is 105 cm³/mol. The average molecular weight is 424 g/mol. The van der Waals surface area contributed by atoms with Crippen LogP contribution in [0.2, 0.25) is 0 Å². The molecule has 2 saturated heterocycles. The van der Waals surface area contributed by atoms with Crippen LogP contribution in [-0.2, 0) is 19.6 Å². The van der Waals surface area contributed by atoms with Gasteiger partial charge in [0.05, 0.1) is 19.1 Å². The number of imide groups is 1.